The Morgan fingerprint density at radius 2 is 1.84 bits per heavy atom. The molecule has 1 atom stereocenters. The highest BCUT2D eigenvalue weighted by Gasteiger charge is 2.38. The molecule has 1 unspecified atom stereocenters. The first kappa shape index (κ1) is 18.2. The molecule has 0 aliphatic rings. The van der Waals surface area contributed by atoms with E-state index in [0.717, 1.165) is 6.42 Å². The average Bonchev–Trinajstić information content (AvgIpc) is 2.23. The maximum Gasteiger partial charge on any atom is 0.401 e. The molecular formula is C12H24F3N3O. The number of amides is 1. The van der Waals surface area contributed by atoms with E-state index in [0.29, 0.717) is 6.54 Å². The number of nitrogens with zero attached hydrogens (tertiary/aromatic N) is 1. The highest BCUT2D eigenvalue weighted by Crippen LogP contribution is 2.20. The van der Waals surface area contributed by atoms with Crippen molar-refractivity contribution in [2.75, 3.05) is 19.6 Å². The van der Waals surface area contributed by atoms with Gasteiger partial charge in [0, 0.05) is 12.6 Å². The second-order valence-corrected chi connectivity index (χ2v) is 5.24. The van der Waals surface area contributed by atoms with Crippen LogP contribution in [-0.2, 0) is 4.79 Å². The zero-order valence-electron chi connectivity index (χ0n) is 12.0. The molecule has 0 aromatic rings. The molecule has 0 bridgehead atoms. The maximum absolute atomic E-state index is 12.5. The zero-order chi connectivity index (χ0) is 15.3. The molecule has 0 aliphatic carbocycles. The van der Waals surface area contributed by atoms with Gasteiger partial charge in [-0.15, -0.1) is 0 Å². The number of carbonyl (C=O) groups is 1. The molecule has 0 aromatic heterocycles. The summed E-state index contributed by atoms with van der Waals surface area (Å²) in [6, 6.07) is -0.330. The molecule has 114 valence electrons. The molecule has 0 rings (SSSR count). The van der Waals surface area contributed by atoms with Gasteiger partial charge in [-0.1, -0.05) is 6.92 Å². The smallest absolute Gasteiger partial charge is 0.368 e. The third-order valence-electron chi connectivity index (χ3n) is 2.94. The van der Waals surface area contributed by atoms with E-state index in [4.69, 9.17) is 5.73 Å². The van der Waals surface area contributed by atoms with Gasteiger partial charge in [0.1, 0.15) is 5.54 Å². The second kappa shape index (κ2) is 7.09. The third kappa shape index (κ3) is 6.77. The minimum absolute atomic E-state index is 0.0699. The van der Waals surface area contributed by atoms with Crippen molar-refractivity contribution in [1.82, 2.24) is 10.2 Å². The lowest BCUT2D eigenvalue weighted by molar-refractivity contribution is -0.153. The van der Waals surface area contributed by atoms with Crippen LogP contribution in [0.25, 0.3) is 0 Å². The van der Waals surface area contributed by atoms with Crippen LogP contribution in [0.15, 0.2) is 0 Å². The number of hydrogen-bond donors (Lipinski definition) is 2. The largest absolute Gasteiger partial charge is 0.401 e. The van der Waals surface area contributed by atoms with Crippen molar-refractivity contribution in [2.45, 2.75) is 51.9 Å². The van der Waals surface area contributed by atoms with Crippen LogP contribution in [0.1, 0.15) is 34.1 Å². The summed E-state index contributed by atoms with van der Waals surface area (Å²) < 4.78 is 37.5. The lowest BCUT2D eigenvalue weighted by atomic mass is 9.99. The maximum atomic E-state index is 12.5. The zero-order valence-corrected chi connectivity index (χ0v) is 12.0. The van der Waals surface area contributed by atoms with Crippen LogP contribution < -0.4 is 11.1 Å². The molecule has 0 spiro atoms. The minimum atomic E-state index is -4.30. The normalized spacial score (nSPS) is 15.8. The fraction of sp³-hybridized carbons (Fsp3) is 0.917. The standard InChI is InChI=1S/C12H24F3N3O/c1-5-6-17-11(4,10(16)19)7-18(9(2)3)8-12(13,14)15/h9,17H,5-8H2,1-4H3,(H2,16,19). The van der Waals surface area contributed by atoms with Crippen LogP contribution in [0.3, 0.4) is 0 Å². The fourth-order valence-electron chi connectivity index (χ4n) is 1.68. The Kier molecular flexibility index (Phi) is 6.79. The van der Waals surface area contributed by atoms with Crippen LogP contribution in [0.2, 0.25) is 0 Å². The third-order valence-corrected chi connectivity index (χ3v) is 2.94. The van der Waals surface area contributed by atoms with Gasteiger partial charge in [-0.2, -0.15) is 13.2 Å². The number of nitrogens with two attached hydrogens (primary N) is 1. The molecule has 0 fully saturated rings. The summed E-state index contributed by atoms with van der Waals surface area (Å²) in [6.07, 6.45) is -3.53. The van der Waals surface area contributed by atoms with Crippen LogP contribution in [-0.4, -0.2) is 48.2 Å². The van der Waals surface area contributed by atoms with E-state index in [9.17, 15) is 18.0 Å². The number of alkyl halides is 3. The summed E-state index contributed by atoms with van der Waals surface area (Å²) in [6.45, 7) is 6.17. The molecule has 0 heterocycles. The molecule has 0 aromatic carbocycles. The van der Waals surface area contributed by atoms with Crippen molar-refractivity contribution in [1.29, 1.82) is 0 Å². The number of primary amides is 1. The highest BCUT2D eigenvalue weighted by atomic mass is 19.4. The summed E-state index contributed by atoms with van der Waals surface area (Å²) in [7, 11) is 0. The van der Waals surface area contributed by atoms with E-state index < -0.39 is 24.2 Å². The van der Waals surface area contributed by atoms with Crippen LogP contribution in [0.4, 0.5) is 13.2 Å². The van der Waals surface area contributed by atoms with Crippen LogP contribution in [0.5, 0.6) is 0 Å². The Morgan fingerprint density at radius 1 is 1.32 bits per heavy atom. The summed E-state index contributed by atoms with van der Waals surface area (Å²) in [5.74, 6) is -0.645. The lowest BCUT2D eigenvalue weighted by Gasteiger charge is -2.36. The second-order valence-electron chi connectivity index (χ2n) is 5.24. The van der Waals surface area contributed by atoms with Gasteiger partial charge < -0.3 is 11.1 Å². The molecule has 0 saturated heterocycles. The molecule has 0 aliphatic heterocycles. The Labute approximate surface area is 112 Å². The first-order valence-electron chi connectivity index (χ1n) is 6.37. The topological polar surface area (TPSA) is 58.4 Å². The van der Waals surface area contributed by atoms with Crippen LogP contribution in [0, 0.1) is 0 Å². The van der Waals surface area contributed by atoms with Crippen molar-refractivity contribution in [3.8, 4) is 0 Å². The van der Waals surface area contributed by atoms with E-state index in [2.05, 4.69) is 5.32 Å². The Bertz CT molecular complexity index is 294. The summed E-state index contributed by atoms with van der Waals surface area (Å²) in [4.78, 5) is 12.7. The van der Waals surface area contributed by atoms with Crippen molar-refractivity contribution in [3.05, 3.63) is 0 Å². The van der Waals surface area contributed by atoms with Gasteiger partial charge >= 0.3 is 6.18 Å². The number of halogens is 3. The van der Waals surface area contributed by atoms with E-state index in [1.165, 1.54) is 11.8 Å². The predicted octanol–water partition coefficient (Wildman–Crippen LogP) is 1.50. The van der Waals surface area contributed by atoms with Gasteiger partial charge in [0.05, 0.1) is 6.54 Å². The summed E-state index contributed by atoms with van der Waals surface area (Å²) >= 11 is 0. The summed E-state index contributed by atoms with van der Waals surface area (Å²) in [5.41, 5.74) is 4.15. The highest BCUT2D eigenvalue weighted by molar-refractivity contribution is 5.84. The molecular weight excluding hydrogens is 259 g/mol. The average molecular weight is 283 g/mol. The first-order valence-corrected chi connectivity index (χ1v) is 6.37. The van der Waals surface area contributed by atoms with Gasteiger partial charge in [-0.05, 0) is 33.7 Å². The minimum Gasteiger partial charge on any atom is -0.368 e. The molecule has 1 amide bonds. The molecule has 4 nitrogen and oxygen atoms in total. The van der Waals surface area contributed by atoms with Gasteiger partial charge in [0.2, 0.25) is 5.91 Å². The van der Waals surface area contributed by atoms with Crippen molar-refractivity contribution in [2.24, 2.45) is 5.73 Å². The van der Waals surface area contributed by atoms with Gasteiger partial charge in [0.25, 0.3) is 0 Å². The Hall–Kier alpha value is -0.820. The fourth-order valence-corrected chi connectivity index (χ4v) is 1.68. The van der Waals surface area contributed by atoms with E-state index in [1.54, 1.807) is 13.8 Å². The molecule has 3 N–H and O–H groups in total. The van der Waals surface area contributed by atoms with E-state index in [-0.39, 0.29) is 12.6 Å². The molecule has 0 radical (unpaired) electrons. The number of rotatable bonds is 8. The molecule has 0 saturated carbocycles. The Morgan fingerprint density at radius 3 is 2.16 bits per heavy atom. The van der Waals surface area contributed by atoms with Gasteiger partial charge in [0.15, 0.2) is 0 Å². The number of hydrogen-bond acceptors (Lipinski definition) is 3. The predicted molar refractivity (Wildman–Crippen MR) is 68.7 cm³/mol. The van der Waals surface area contributed by atoms with E-state index in [1.807, 2.05) is 6.92 Å². The SMILES string of the molecule is CCCNC(C)(CN(CC(F)(F)F)C(C)C)C(N)=O. The van der Waals surface area contributed by atoms with Gasteiger partial charge in [-0.3, -0.25) is 9.69 Å². The Balaban J connectivity index is 4.90. The number of carbonyl (C=O) groups excluding carboxylic acids is 1. The van der Waals surface area contributed by atoms with Crippen molar-refractivity contribution in [3.63, 3.8) is 0 Å². The summed E-state index contributed by atoms with van der Waals surface area (Å²) in [5, 5.41) is 2.93. The molecule has 7 heteroatoms. The van der Waals surface area contributed by atoms with Crippen molar-refractivity contribution >= 4 is 5.91 Å². The number of nitrogens with one attached hydrogen (secondary N) is 1. The molecule has 19 heavy (non-hydrogen) atoms. The monoisotopic (exact) mass is 283 g/mol. The first-order chi connectivity index (χ1) is 8.52. The van der Waals surface area contributed by atoms with Crippen molar-refractivity contribution < 1.29 is 18.0 Å². The lowest BCUT2D eigenvalue weighted by Crippen LogP contribution is -2.61. The quantitative estimate of drug-likeness (QED) is 0.710. The van der Waals surface area contributed by atoms with E-state index >= 15 is 0 Å². The van der Waals surface area contributed by atoms with Crippen LogP contribution >= 0.6 is 0 Å². The van der Waals surface area contributed by atoms with Gasteiger partial charge in [-0.25, -0.2) is 0 Å².